The first-order valence-corrected chi connectivity index (χ1v) is 6.13. The fourth-order valence-electron chi connectivity index (χ4n) is 2.29. The second-order valence-corrected chi connectivity index (χ2v) is 4.43. The van der Waals surface area contributed by atoms with Crippen LogP contribution in [-0.4, -0.2) is 39.8 Å². The number of hydrogen-bond acceptors (Lipinski definition) is 4. The number of aromatic amines is 1. The summed E-state index contributed by atoms with van der Waals surface area (Å²) in [4.78, 5) is 6.46. The van der Waals surface area contributed by atoms with Crippen molar-refractivity contribution in [3.8, 4) is 0 Å². The van der Waals surface area contributed by atoms with E-state index in [0.29, 0.717) is 6.61 Å². The lowest BCUT2D eigenvalue weighted by molar-refractivity contribution is -0.0142. The number of nitrogens with zero attached hydrogens (tertiary/aromatic N) is 3. The summed E-state index contributed by atoms with van der Waals surface area (Å²) in [6.07, 6.45) is 5.45. The van der Waals surface area contributed by atoms with Gasteiger partial charge in [0.2, 0.25) is 0 Å². The van der Waals surface area contributed by atoms with Gasteiger partial charge in [0.05, 0.1) is 24.9 Å². The Morgan fingerprint density at radius 2 is 2.17 bits per heavy atom. The van der Waals surface area contributed by atoms with Crippen molar-refractivity contribution in [2.45, 2.75) is 12.6 Å². The lowest BCUT2D eigenvalue weighted by Crippen LogP contribution is -2.39. The number of rotatable bonds is 3. The maximum Gasteiger partial charge on any atom is 0.0755 e. The highest BCUT2D eigenvalue weighted by Gasteiger charge is 2.25. The molecule has 1 N–H and O–H groups in total. The summed E-state index contributed by atoms with van der Waals surface area (Å²) >= 11 is 0. The summed E-state index contributed by atoms with van der Waals surface area (Å²) in [7, 11) is 0. The van der Waals surface area contributed by atoms with Gasteiger partial charge in [0.15, 0.2) is 0 Å². The van der Waals surface area contributed by atoms with Gasteiger partial charge in [-0.3, -0.25) is 15.0 Å². The van der Waals surface area contributed by atoms with Gasteiger partial charge < -0.3 is 4.74 Å². The van der Waals surface area contributed by atoms with Crippen LogP contribution in [-0.2, 0) is 11.3 Å². The van der Waals surface area contributed by atoms with Crippen molar-refractivity contribution in [3.63, 3.8) is 0 Å². The maximum absolute atomic E-state index is 5.57. The molecule has 0 aromatic carbocycles. The molecule has 3 rings (SSSR count). The fraction of sp³-hybridized carbons (Fsp3) is 0.385. The third kappa shape index (κ3) is 2.42. The molecule has 1 aliphatic heterocycles. The Labute approximate surface area is 106 Å². The Bertz CT molecular complexity index is 471. The molecule has 0 saturated carbocycles. The average Bonchev–Trinajstić information content (AvgIpc) is 2.94. The molecular weight excluding hydrogens is 228 g/mol. The number of aromatic nitrogens is 3. The maximum atomic E-state index is 5.57. The minimum Gasteiger partial charge on any atom is -0.378 e. The van der Waals surface area contributed by atoms with Crippen LogP contribution in [0.3, 0.4) is 0 Å². The second kappa shape index (κ2) is 5.29. The number of H-pyrrole nitrogens is 1. The Morgan fingerprint density at radius 1 is 1.28 bits per heavy atom. The molecule has 0 spiro atoms. The Balaban J connectivity index is 1.76. The second-order valence-electron chi connectivity index (χ2n) is 4.43. The van der Waals surface area contributed by atoms with E-state index in [1.165, 1.54) is 5.56 Å². The predicted molar refractivity (Wildman–Crippen MR) is 66.8 cm³/mol. The van der Waals surface area contributed by atoms with E-state index in [-0.39, 0.29) is 6.04 Å². The van der Waals surface area contributed by atoms with Gasteiger partial charge in [-0.05, 0) is 23.8 Å². The minimum absolute atomic E-state index is 0.259. The van der Waals surface area contributed by atoms with E-state index >= 15 is 0 Å². The van der Waals surface area contributed by atoms with Crippen molar-refractivity contribution >= 4 is 0 Å². The first-order valence-electron chi connectivity index (χ1n) is 6.13. The highest BCUT2D eigenvalue weighted by atomic mass is 16.5. The molecule has 3 heterocycles. The van der Waals surface area contributed by atoms with E-state index in [4.69, 9.17) is 4.74 Å². The Kier molecular flexibility index (Phi) is 3.34. The van der Waals surface area contributed by atoms with Crippen LogP contribution in [0.1, 0.15) is 17.3 Å². The van der Waals surface area contributed by atoms with Crippen LogP contribution in [0.25, 0.3) is 0 Å². The molecule has 0 amide bonds. The van der Waals surface area contributed by atoms with Crippen molar-refractivity contribution in [1.29, 1.82) is 0 Å². The van der Waals surface area contributed by atoms with E-state index in [1.54, 1.807) is 6.20 Å². The lowest BCUT2D eigenvalue weighted by atomic mass is 10.1. The van der Waals surface area contributed by atoms with Gasteiger partial charge in [0.25, 0.3) is 0 Å². The molecule has 1 aliphatic rings. The predicted octanol–water partition coefficient (Wildman–Crippen LogP) is 1.38. The molecule has 0 aliphatic carbocycles. The zero-order valence-electron chi connectivity index (χ0n) is 10.1. The van der Waals surface area contributed by atoms with E-state index < -0.39 is 0 Å². The van der Waals surface area contributed by atoms with Crippen LogP contribution in [0, 0.1) is 0 Å². The van der Waals surface area contributed by atoms with Gasteiger partial charge in [-0.25, -0.2) is 0 Å². The van der Waals surface area contributed by atoms with Crippen molar-refractivity contribution in [3.05, 3.63) is 48.0 Å². The number of hydrogen-bond donors (Lipinski definition) is 1. The van der Waals surface area contributed by atoms with E-state index in [2.05, 4.69) is 32.2 Å². The minimum atomic E-state index is 0.259. The quantitative estimate of drug-likeness (QED) is 0.886. The molecule has 18 heavy (non-hydrogen) atoms. The third-order valence-electron chi connectivity index (χ3n) is 3.26. The topological polar surface area (TPSA) is 54.0 Å². The van der Waals surface area contributed by atoms with Gasteiger partial charge in [0, 0.05) is 31.7 Å². The molecule has 0 radical (unpaired) electrons. The van der Waals surface area contributed by atoms with Gasteiger partial charge in [-0.2, -0.15) is 5.10 Å². The summed E-state index contributed by atoms with van der Waals surface area (Å²) in [5.74, 6) is 0. The molecule has 0 unspecified atom stereocenters. The zero-order chi connectivity index (χ0) is 12.2. The first kappa shape index (κ1) is 11.4. The normalized spacial score (nSPS) is 21.0. The van der Waals surface area contributed by atoms with E-state index in [1.807, 2.05) is 18.5 Å². The summed E-state index contributed by atoms with van der Waals surface area (Å²) in [5.41, 5.74) is 2.39. The molecule has 2 aromatic rings. The highest BCUT2D eigenvalue weighted by Crippen LogP contribution is 2.23. The number of nitrogens with one attached hydrogen (secondary N) is 1. The molecule has 5 nitrogen and oxygen atoms in total. The molecule has 1 saturated heterocycles. The van der Waals surface area contributed by atoms with Gasteiger partial charge in [-0.1, -0.05) is 0 Å². The molecule has 1 fully saturated rings. The van der Waals surface area contributed by atoms with Gasteiger partial charge in [0.1, 0.15) is 0 Å². The summed E-state index contributed by atoms with van der Waals surface area (Å²) in [6.45, 7) is 3.35. The van der Waals surface area contributed by atoms with E-state index in [9.17, 15) is 0 Å². The van der Waals surface area contributed by atoms with Crippen molar-refractivity contribution in [2.75, 3.05) is 19.8 Å². The van der Waals surface area contributed by atoms with Crippen LogP contribution in [0.2, 0.25) is 0 Å². The molecule has 2 aromatic heterocycles. The van der Waals surface area contributed by atoms with Crippen LogP contribution < -0.4 is 0 Å². The van der Waals surface area contributed by atoms with Crippen molar-refractivity contribution in [2.24, 2.45) is 0 Å². The Hall–Kier alpha value is -1.72. The number of morpholine rings is 1. The van der Waals surface area contributed by atoms with Crippen LogP contribution in [0.5, 0.6) is 0 Å². The highest BCUT2D eigenvalue weighted by molar-refractivity contribution is 5.12. The monoisotopic (exact) mass is 244 g/mol. The molecule has 94 valence electrons. The lowest BCUT2D eigenvalue weighted by Gasteiger charge is -2.34. The zero-order valence-corrected chi connectivity index (χ0v) is 10.1. The average molecular weight is 244 g/mol. The summed E-state index contributed by atoms with van der Waals surface area (Å²) in [6, 6.07) is 6.38. The summed E-state index contributed by atoms with van der Waals surface area (Å²) in [5, 5.41) is 7.06. The number of pyridine rings is 1. The first-order chi connectivity index (χ1) is 8.93. The van der Waals surface area contributed by atoms with E-state index in [0.717, 1.165) is 25.4 Å². The van der Waals surface area contributed by atoms with Crippen LogP contribution >= 0.6 is 0 Å². The third-order valence-corrected chi connectivity index (χ3v) is 3.26. The number of ether oxygens (including phenoxy) is 1. The van der Waals surface area contributed by atoms with Crippen molar-refractivity contribution in [1.82, 2.24) is 20.1 Å². The molecule has 5 heteroatoms. The van der Waals surface area contributed by atoms with Gasteiger partial charge >= 0.3 is 0 Å². The largest absolute Gasteiger partial charge is 0.378 e. The molecular formula is C13H16N4O. The summed E-state index contributed by atoms with van der Waals surface area (Å²) < 4.78 is 5.57. The standard InChI is InChI=1S/C13H16N4O/c1-4-14-5-2-11(1)9-17-7-8-18-10-13(17)12-3-6-15-16-12/h1-6,13H,7-10H2,(H,15,16)/t13-/m0/s1. The van der Waals surface area contributed by atoms with Crippen LogP contribution in [0.15, 0.2) is 36.8 Å². The van der Waals surface area contributed by atoms with Crippen LogP contribution in [0.4, 0.5) is 0 Å². The Morgan fingerprint density at radius 3 is 2.94 bits per heavy atom. The van der Waals surface area contributed by atoms with Gasteiger partial charge in [-0.15, -0.1) is 0 Å². The van der Waals surface area contributed by atoms with Crippen molar-refractivity contribution < 1.29 is 4.74 Å². The fourth-order valence-corrected chi connectivity index (χ4v) is 2.29. The SMILES string of the molecule is c1cc(CN2CCOC[C@H]2c2ccn[nH]2)ccn1. The molecule has 1 atom stereocenters. The molecule has 0 bridgehead atoms. The smallest absolute Gasteiger partial charge is 0.0755 e.